The van der Waals surface area contributed by atoms with Crippen molar-refractivity contribution in [3.63, 3.8) is 0 Å². The van der Waals surface area contributed by atoms with Crippen molar-refractivity contribution in [1.29, 1.82) is 0 Å². The Morgan fingerprint density at radius 3 is 2.59 bits per heavy atom. The number of halogens is 1. The van der Waals surface area contributed by atoms with Gasteiger partial charge in [-0.05, 0) is 30.3 Å². The molecule has 0 unspecified atom stereocenters. The third-order valence-corrected chi connectivity index (χ3v) is 3.25. The van der Waals surface area contributed by atoms with Crippen LogP contribution in [0.2, 0.25) is 0 Å². The summed E-state index contributed by atoms with van der Waals surface area (Å²) in [6.45, 7) is 0.192. The topological polar surface area (TPSA) is 81.5 Å². The minimum Gasteiger partial charge on any atom is -0.493 e. The average molecular weight is 365 g/mol. The van der Waals surface area contributed by atoms with E-state index < -0.39 is 4.92 Å². The third kappa shape index (κ3) is 4.85. The second-order valence-corrected chi connectivity index (χ2v) is 5.32. The Bertz CT molecular complexity index is 673. The van der Waals surface area contributed by atoms with Crippen LogP contribution in [-0.4, -0.2) is 17.4 Å². The number of benzene rings is 2. The highest BCUT2D eigenvalue weighted by Gasteiger charge is 2.06. The molecule has 0 aliphatic heterocycles. The lowest BCUT2D eigenvalue weighted by molar-refractivity contribution is -0.384. The molecule has 22 heavy (non-hydrogen) atoms. The maximum absolute atomic E-state index is 11.8. The molecule has 0 saturated heterocycles. The second kappa shape index (κ2) is 7.56. The Hall–Kier alpha value is -2.41. The molecule has 0 atom stereocenters. The Morgan fingerprint density at radius 2 is 1.95 bits per heavy atom. The first kappa shape index (κ1) is 16.0. The van der Waals surface area contributed by atoms with Gasteiger partial charge in [-0.1, -0.05) is 22.0 Å². The molecule has 2 rings (SSSR count). The van der Waals surface area contributed by atoms with E-state index in [2.05, 4.69) is 21.2 Å². The number of hydrogen-bond acceptors (Lipinski definition) is 4. The van der Waals surface area contributed by atoms with Gasteiger partial charge in [0, 0.05) is 22.3 Å². The van der Waals surface area contributed by atoms with Crippen LogP contribution in [0.25, 0.3) is 0 Å². The molecule has 0 aromatic heterocycles. The highest BCUT2D eigenvalue weighted by Crippen LogP contribution is 2.18. The largest absolute Gasteiger partial charge is 0.493 e. The van der Waals surface area contributed by atoms with Gasteiger partial charge in [0.1, 0.15) is 5.75 Å². The average Bonchev–Trinajstić information content (AvgIpc) is 2.47. The van der Waals surface area contributed by atoms with E-state index in [4.69, 9.17) is 4.74 Å². The van der Waals surface area contributed by atoms with Gasteiger partial charge >= 0.3 is 0 Å². The van der Waals surface area contributed by atoms with Crippen LogP contribution < -0.4 is 10.1 Å². The predicted octanol–water partition coefficient (Wildman–Crippen LogP) is 3.76. The number of anilines is 1. The van der Waals surface area contributed by atoms with E-state index >= 15 is 0 Å². The molecule has 114 valence electrons. The maximum Gasteiger partial charge on any atom is 0.269 e. The van der Waals surface area contributed by atoms with Crippen LogP contribution in [-0.2, 0) is 4.79 Å². The Labute approximate surface area is 135 Å². The van der Waals surface area contributed by atoms with Crippen LogP contribution in [0.4, 0.5) is 11.4 Å². The van der Waals surface area contributed by atoms with E-state index in [9.17, 15) is 14.9 Å². The van der Waals surface area contributed by atoms with E-state index in [0.717, 1.165) is 4.47 Å². The van der Waals surface area contributed by atoms with Crippen LogP contribution in [0.3, 0.4) is 0 Å². The van der Waals surface area contributed by atoms with Gasteiger partial charge < -0.3 is 10.1 Å². The maximum atomic E-state index is 11.8. The summed E-state index contributed by atoms with van der Waals surface area (Å²) < 4.78 is 6.26. The molecule has 0 bridgehead atoms. The highest BCUT2D eigenvalue weighted by atomic mass is 79.9. The number of amides is 1. The normalized spacial score (nSPS) is 10.0. The summed E-state index contributed by atoms with van der Waals surface area (Å²) in [6.07, 6.45) is 0.184. The number of nitrogens with zero attached hydrogens (tertiary/aromatic N) is 1. The lowest BCUT2D eigenvalue weighted by Crippen LogP contribution is -2.15. The standard InChI is InChI=1S/C15H13BrN2O4/c16-11-2-1-3-12(10-11)17-15(19)8-9-22-14-6-4-13(5-7-14)18(20)21/h1-7,10H,8-9H2,(H,17,19). The zero-order valence-electron chi connectivity index (χ0n) is 11.5. The second-order valence-electron chi connectivity index (χ2n) is 4.41. The van der Waals surface area contributed by atoms with E-state index in [1.807, 2.05) is 12.1 Å². The Balaban J connectivity index is 1.78. The van der Waals surface area contributed by atoms with Gasteiger partial charge in [0.05, 0.1) is 18.0 Å². The van der Waals surface area contributed by atoms with Gasteiger partial charge in [-0.3, -0.25) is 14.9 Å². The van der Waals surface area contributed by atoms with Gasteiger partial charge in [0.2, 0.25) is 5.91 Å². The molecular weight excluding hydrogens is 352 g/mol. The molecule has 1 N–H and O–H groups in total. The minimum atomic E-state index is -0.477. The molecule has 0 spiro atoms. The number of non-ortho nitro benzene ring substituents is 1. The molecule has 0 aliphatic carbocycles. The zero-order chi connectivity index (χ0) is 15.9. The first-order valence-electron chi connectivity index (χ1n) is 6.47. The van der Waals surface area contributed by atoms with Crippen LogP contribution >= 0.6 is 15.9 Å². The third-order valence-electron chi connectivity index (χ3n) is 2.75. The molecule has 0 radical (unpaired) electrons. The van der Waals surface area contributed by atoms with E-state index in [1.165, 1.54) is 24.3 Å². The van der Waals surface area contributed by atoms with Crippen LogP contribution in [0, 0.1) is 10.1 Å². The number of nitrogens with one attached hydrogen (secondary N) is 1. The van der Waals surface area contributed by atoms with Crippen molar-refractivity contribution < 1.29 is 14.5 Å². The summed E-state index contributed by atoms with van der Waals surface area (Å²) in [5, 5.41) is 13.3. The number of nitro groups is 1. The molecule has 0 heterocycles. The van der Waals surface area contributed by atoms with Crippen molar-refractivity contribution in [3.8, 4) is 5.75 Å². The van der Waals surface area contributed by atoms with Crippen molar-refractivity contribution in [2.75, 3.05) is 11.9 Å². The summed E-state index contributed by atoms with van der Waals surface area (Å²) in [7, 11) is 0. The smallest absolute Gasteiger partial charge is 0.269 e. The monoisotopic (exact) mass is 364 g/mol. The SMILES string of the molecule is O=C(CCOc1ccc([N+](=O)[O-])cc1)Nc1cccc(Br)c1. The lowest BCUT2D eigenvalue weighted by atomic mass is 10.3. The van der Waals surface area contributed by atoms with Gasteiger partial charge in [-0.2, -0.15) is 0 Å². The van der Waals surface area contributed by atoms with Crippen LogP contribution in [0.1, 0.15) is 6.42 Å². The predicted molar refractivity (Wildman–Crippen MR) is 86.0 cm³/mol. The van der Waals surface area contributed by atoms with Gasteiger partial charge in [0.25, 0.3) is 5.69 Å². The van der Waals surface area contributed by atoms with Crippen LogP contribution in [0.15, 0.2) is 53.0 Å². The summed E-state index contributed by atoms with van der Waals surface area (Å²) in [6, 6.07) is 13.0. The van der Waals surface area contributed by atoms with E-state index in [-0.39, 0.29) is 24.6 Å². The number of carbonyl (C=O) groups excluding carboxylic acids is 1. The molecule has 0 fully saturated rings. The van der Waals surface area contributed by atoms with Crippen molar-refractivity contribution in [3.05, 3.63) is 63.1 Å². The summed E-state index contributed by atoms with van der Waals surface area (Å²) in [5.74, 6) is 0.320. The van der Waals surface area contributed by atoms with Crippen molar-refractivity contribution in [2.24, 2.45) is 0 Å². The number of hydrogen-bond donors (Lipinski definition) is 1. The van der Waals surface area contributed by atoms with Crippen molar-refractivity contribution >= 4 is 33.2 Å². The molecule has 7 heteroatoms. The van der Waals surface area contributed by atoms with Gasteiger partial charge in [-0.25, -0.2) is 0 Å². The molecule has 0 saturated carbocycles. The summed E-state index contributed by atoms with van der Waals surface area (Å²) in [4.78, 5) is 21.8. The van der Waals surface area contributed by atoms with Crippen molar-refractivity contribution in [2.45, 2.75) is 6.42 Å². The fourth-order valence-corrected chi connectivity index (χ4v) is 2.11. The number of ether oxygens (including phenoxy) is 1. The molecule has 1 amide bonds. The molecule has 2 aromatic rings. The Kier molecular flexibility index (Phi) is 5.48. The minimum absolute atomic E-state index is 0.000234. The van der Waals surface area contributed by atoms with E-state index in [0.29, 0.717) is 11.4 Å². The molecular formula is C15H13BrN2O4. The molecule has 2 aromatic carbocycles. The molecule has 6 nitrogen and oxygen atoms in total. The summed E-state index contributed by atoms with van der Waals surface area (Å²) in [5.41, 5.74) is 0.703. The fourth-order valence-electron chi connectivity index (χ4n) is 1.72. The lowest BCUT2D eigenvalue weighted by Gasteiger charge is -2.07. The quantitative estimate of drug-likeness (QED) is 0.624. The number of nitro benzene ring substituents is 1. The highest BCUT2D eigenvalue weighted by molar-refractivity contribution is 9.10. The Morgan fingerprint density at radius 1 is 1.23 bits per heavy atom. The van der Waals surface area contributed by atoms with Crippen LogP contribution in [0.5, 0.6) is 5.75 Å². The first-order chi connectivity index (χ1) is 10.5. The van der Waals surface area contributed by atoms with Crippen molar-refractivity contribution in [1.82, 2.24) is 0 Å². The number of carbonyl (C=O) groups is 1. The number of rotatable bonds is 6. The van der Waals surface area contributed by atoms with E-state index in [1.54, 1.807) is 12.1 Å². The zero-order valence-corrected chi connectivity index (χ0v) is 13.1. The first-order valence-corrected chi connectivity index (χ1v) is 7.26. The summed E-state index contributed by atoms with van der Waals surface area (Å²) >= 11 is 3.33. The van der Waals surface area contributed by atoms with Gasteiger partial charge in [0.15, 0.2) is 0 Å². The fraction of sp³-hybridized carbons (Fsp3) is 0.133. The molecule has 0 aliphatic rings. The van der Waals surface area contributed by atoms with Gasteiger partial charge in [-0.15, -0.1) is 0 Å².